The van der Waals surface area contributed by atoms with Crippen molar-refractivity contribution in [1.29, 1.82) is 0 Å². The number of benzene rings is 2. The number of aliphatic imine (C=N–C) groups is 1. The summed E-state index contributed by atoms with van der Waals surface area (Å²) in [5, 5.41) is 4.57. The summed E-state index contributed by atoms with van der Waals surface area (Å²) in [7, 11) is 0. The molecule has 8 nitrogen and oxygen atoms in total. The van der Waals surface area contributed by atoms with Crippen molar-refractivity contribution in [3.8, 4) is 5.69 Å². The van der Waals surface area contributed by atoms with Gasteiger partial charge in [-0.15, -0.1) is 5.10 Å². The molecule has 1 fully saturated rings. The molecule has 3 aliphatic heterocycles. The fraction of sp³-hybridized carbons (Fsp3) is 0.333. The van der Waals surface area contributed by atoms with E-state index in [0.717, 1.165) is 36.5 Å². The lowest BCUT2D eigenvalue weighted by Gasteiger charge is -2.33. The maximum atomic E-state index is 13.3. The molecule has 3 aliphatic rings. The predicted octanol–water partition coefficient (Wildman–Crippen LogP) is 2.02. The summed E-state index contributed by atoms with van der Waals surface area (Å²) in [5.41, 5.74) is 2.66. The molecule has 0 N–H and O–H groups in total. The Morgan fingerprint density at radius 1 is 1.03 bits per heavy atom. The molecule has 0 aliphatic carbocycles. The minimum Gasteiger partial charge on any atom is -0.340 e. The van der Waals surface area contributed by atoms with E-state index < -0.39 is 0 Å². The summed E-state index contributed by atoms with van der Waals surface area (Å²) in [5.74, 6) is 1.65. The average Bonchev–Trinajstić information content (AvgIpc) is 3.45. The quantitative estimate of drug-likeness (QED) is 0.640. The number of fused-ring (bicyclic) bond motifs is 6. The van der Waals surface area contributed by atoms with Crippen LogP contribution < -0.4 is 10.6 Å². The van der Waals surface area contributed by atoms with Crippen LogP contribution in [0.15, 0.2) is 64.4 Å². The molecule has 162 valence electrons. The third-order valence-electron chi connectivity index (χ3n) is 6.62. The van der Waals surface area contributed by atoms with Crippen molar-refractivity contribution in [2.45, 2.75) is 25.3 Å². The second kappa shape index (κ2) is 7.47. The zero-order valence-corrected chi connectivity index (χ0v) is 17.7. The number of carbonyl (C=O) groups is 1. The van der Waals surface area contributed by atoms with Crippen molar-refractivity contribution >= 4 is 17.7 Å². The summed E-state index contributed by atoms with van der Waals surface area (Å²) in [4.78, 5) is 34.9. The van der Waals surface area contributed by atoms with Crippen LogP contribution in [-0.2, 0) is 11.3 Å². The Morgan fingerprint density at radius 3 is 2.72 bits per heavy atom. The molecule has 2 aromatic carbocycles. The Labute approximate surface area is 185 Å². The Morgan fingerprint density at radius 2 is 1.84 bits per heavy atom. The highest BCUT2D eigenvalue weighted by molar-refractivity contribution is 6.14. The number of carbonyl (C=O) groups excluding carboxylic acids is 1. The number of hydrogen-bond donors (Lipinski definition) is 0. The molecule has 0 bridgehead atoms. The van der Waals surface area contributed by atoms with E-state index >= 15 is 0 Å². The van der Waals surface area contributed by atoms with Crippen LogP contribution in [0.5, 0.6) is 0 Å². The zero-order valence-electron chi connectivity index (χ0n) is 17.7. The second-order valence-electron chi connectivity index (χ2n) is 8.54. The van der Waals surface area contributed by atoms with Crippen molar-refractivity contribution in [3.63, 3.8) is 0 Å². The van der Waals surface area contributed by atoms with Gasteiger partial charge in [0.25, 0.3) is 0 Å². The lowest BCUT2D eigenvalue weighted by atomic mass is 9.90. The van der Waals surface area contributed by atoms with Gasteiger partial charge in [0.15, 0.2) is 0 Å². The largest absolute Gasteiger partial charge is 0.352 e. The molecule has 0 radical (unpaired) electrons. The van der Waals surface area contributed by atoms with Crippen molar-refractivity contribution < 1.29 is 4.79 Å². The predicted molar refractivity (Wildman–Crippen MR) is 122 cm³/mol. The van der Waals surface area contributed by atoms with Gasteiger partial charge in [-0.3, -0.25) is 14.7 Å². The maximum Gasteiger partial charge on any atom is 0.352 e. The van der Waals surface area contributed by atoms with Gasteiger partial charge in [0, 0.05) is 31.1 Å². The summed E-state index contributed by atoms with van der Waals surface area (Å²) >= 11 is 0. The summed E-state index contributed by atoms with van der Waals surface area (Å²) in [6.07, 6.45) is 2.03. The first-order valence-corrected chi connectivity index (χ1v) is 11.1. The first kappa shape index (κ1) is 19.0. The minimum atomic E-state index is -0.289. The fourth-order valence-corrected chi connectivity index (χ4v) is 5.04. The van der Waals surface area contributed by atoms with Gasteiger partial charge in [-0.25, -0.2) is 14.0 Å². The summed E-state index contributed by atoms with van der Waals surface area (Å²) < 4.78 is 2.91. The van der Waals surface area contributed by atoms with Crippen molar-refractivity contribution in [2.75, 3.05) is 31.1 Å². The van der Waals surface area contributed by atoms with Gasteiger partial charge >= 0.3 is 5.69 Å². The van der Waals surface area contributed by atoms with Crippen molar-refractivity contribution in [1.82, 2.24) is 19.2 Å². The smallest absolute Gasteiger partial charge is 0.340 e. The summed E-state index contributed by atoms with van der Waals surface area (Å²) in [6.45, 7) is 2.69. The molecule has 32 heavy (non-hydrogen) atoms. The second-order valence-corrected chi connectivity index (χ2v) is 8.54. The average molecular weight is 428 g/mol. The van der Waals surface area contributed by atoms with E-state index in [2.05, 4.69) is 22.2 Å². The third kappa shape index (κ3) is 2.97. The Kier molecular flexibility index (Phi) is 4.45. The van der Waals surface area contributed by atoms with E-state index in [9.17, 15) is 9.59 Å². The SMILES string of the molecule is O=C(Cn1nc2n(c1=O)-c1ccccc1C1=NCCN12)N1CCCC(c2ccccc2)C1. The van der Waals surface area contributed by atoms with Gasteiger partial charge in [-0.2, -0.15) is 0 Å². The van der Waals surface area contributed by atoms with Gasteiger partial charge < -0.3 is 4.90 Å². The van der Waals surface area contributed by atoms with Crippen LogP contribution in [0.3, 0.4) is 0 Å². The van der Waals surface area contributed by atoms with Gasteiger partial charge in [0.2, 0.25) is 11.9 Å². The van der Waals surface area contributed by atoms with E-state index in [0.29, 0.717) is 31.5 Å². The molecule has 1 saturated heterocycles. The number of piperidine rings is 1. The van der Waals surface area contributed by atoms with E-state index in [1.807, 2.05) is 52.3 Å². The number of likely N-dealkylation sites (tertiary alicyclic amines) is 1. The van der Waals surface area contributed by atoms with Gasteiger partial charge in [0.1, 0.15) is 12.4 Å². The molecular formula is C24H24N6O2. The maximum absolute atomic E-state index is 13.3. The number of para-hydroxylation sites is 1. The molecule has 0 saturated carbocycles. The number of nitrogens with zero attached hydrogens (tertiary/aromatic N) is 6. The minimum absolute atomic E-state index is 0.0528. The van der Waals surface area contributed by atoms with Crippen LogP contribution in [0, 0.1) is 0 Å². The van der Waals surface area contributed by atoms with Crippen LogP contribution in [0.2, 0.25) is 0 Å². The number of rotatable bonds is 3. The number of hydrogen-bond acceptors (Lipinski definition) is 5. The van der Waals surface area contributed by atoms with Crippen molar-refractivity contribution in [2.24, 2.45) is 4.99 Å². The molecular weight excluding hydrogens is 404 g/mol. The topological polar surface area (TPSA) is 75.7 Å². The molecule has 3 aromatic rings. The lowest BCUT2D eigenvalue weighted by molar-refractivity contribution is -0.133. The van der Waals surface area contributed by atoms with Gasteiger partial charge in [-0.05, 0) is 30.5 Å². The highest BCUT2D eigenvalue weighted by atomic mass is 16.2. The van der Waals surface area contributed by atoms with Crippen molar-refractivity contribution in [3.05, 3.63) is 76.2 Å². The Bertz CT molecular complexity index is 1280. The lowest BCUT2D eigenvalue weighted by Crippen LogP contribution is -2.42. The first-order chi connectivity index (χ1) is 15.7. The van der Waals surface area contributed by atoms with Crippen LogP contribution in [-0.4, -0.2) is 57.2 Å². The normalized spacial score (nSPS) is 19.2. The van der Waals surface area contributed by atoms with Gasteiger partial charge in [0.05, 0.1) is 12.2 Å². The van der Waals surface area contributed by atoms with Crippen LogP contribution in [0.1, 0.15) is 29.9 Å². The molecule has 1 atom stereocenters. The number of anilines is 1. The standard InChI is InChI=1S/C24H24N6O2/c31-21(27-13-6-9-18(15-27)17-7-2-1-3-8-17)16-29-24(32)30-20-11-5-4-10-19(20)22-25-12-14-28(22)23(30)26-29/h1-5,7-8,10-11,18H,6,9,12-16H2. The van der Waals surface area contributed by atoms with E-state index in [1.165, 1.54) is 10.2 Å². The van der Waals surface area contributed by atoms with Crippen LogP contribution >= 0.6 is 0 Å². The monoisotopic (exact) mass is 428 g/mol. The van der Waals surface area contributed by atoms with Gasteiger partial charge in [-0.1, -0.05) is 42.5 Å². The molecule has 4 heterocycles. The van der Waals surface area contributed by atoms with E-state index in [-0.39, 0.29) is 18.1 Å². The van der Waals surface area contributed by atoms with Crippen LogP contribution in [0.4, 0.5) is 5.95 Å². The third-order valence-corrected chi connectivity index (χ3v) is 6.62. The van der Waals surface area contributed by atoms with Crippen LogP contribution in [0.25, 0.3) is 5.69 Å². The van der Waals surface area contributed by atoms with E-state index in [1.54, 1.807) is 4.57 Å². The molecule has 1 aromatic heterocycles. The first-order valence-electron chi connectivity index (χ1n) is 11.1. The highest BCUT2D eigenvalue weighted by Gasteiger charge is 2.35. The van der Waals surface area contributed by atoms with E-state index in [4.69, 9.17) is 0 Å². The Balaban J connectivity index is 1.28. The summed E-state index contributed by atoms with van der Waals surface area (Å²) in [6, 6.07) is 18.1. The number of amides is 1. The fourth-order valence-electron chi connectivity index (χ4n) is 5.04. The molecule has 0 spiro atoms. The molecule has 1 unspecified atom stereocenters. The number of amidine groups is 1. The highest BCUT2D eigenvalue weighted by Crippen LogP contribution is 2.30. The molecule has 8 heteroatoms. The zero-order chi connectivity index (χ0) is 21.7. The molecule has 6 rings (SSSR count). The number of aromatic nitrogens is 3. The molecule has 1 amide bonds. The Hall–Kier alpha value is -3.68.